The minimum Gasteiger partial charge on any atom is -0.336 e. The first-order valence-electron chi connectivity index (χ1n) is 6.94. The van der Waals surface area contributed by atoms with Gasteiger partial charge in [-0.1, -0.05) is 23.7 Å². The van der Waals surface area contributed by atoms with Crippen LogP contribution in [0, 0.1) is 0 Å². The summed E-state index contributed by atoms with van der Waals surface area (Å²) in [5, 5.41) is 11.0. The van der Waals surface area contributed by atoms with E-state index in [-0.39, 0.29) is 24.4 Å². The molecule has 1 aromatic heterocycles. The van der Waals surface area contributed by atoms with E-state index >= 15 is 0 Å². The molecule has 2 heterocycles. The zero-order chi connectivity index (χ0) is 14.8. The van der Waals surface area contributed by atoms with Gasteiger partial charge in [-0.15, -0.1) is 12.4 Å². The van der Waals surface area contributed by atoms with Crippen LogP contribution in [0.1, 0.15) is 16.9 Å². The molecule has 1 aliphatic heterocycles. The van der Waals surface area contributed by atoms with Crippen molar-refractivity contribution >= 4 is 29.9 Å². The normalized spacial score (nSPS) is 17.1. The highest BCUT2D eigenvalue weighted by atomic mass is 35.5. The van der Waals surface area contributed by atoms with Crippen LogP contribution >= 0.6 is 24.0 Å². The lowest BCUT2D eigenvalue weighted by Crippen LogP contribution is -2.38. The van der Waals surface area contributed by atoms with Gasteiger partial charge in [-0.3, -0.25) is 9.89 Å². The van der Waals surface area contributed by atoms with Crippen molar-refractivity contribution in [3.05, 3.63) is 41.0 Å². The number of carbonyl (C=O) groups excluding carboxylic acids is 1. The summed E-state index contributed by atoms with van der Waals surface area (Å²) >= 11 is 5.87. The Hall–Kier alpha value is -1.56. The predicted octanol–water partition coefficient (Wildman–Crippen LogP) is 2.59. The molecule has 1 aliphatic rings. The van der Waals surface area contributed by atoms with E-state index in [0.29, 0.717) is 10.7 Å². The Kier molecular flexibility index (Phi) is 5.45. The highest BCUT2D eigenvalue weighted by molar-refractivity contribution is 6.30. The van der Waals surface area contributed by atoms with E-state index in [1.54, 1.807) is 11.0 Å². The fourth-order valence-corrected chi connectivity index (χ4v) is 2.65. The van der Waals surface area contributed by atoms with Crippen LogP contribution in [0.4, 0.5) is 0 Å². The molecule has 0 saturated carbocycles. The summed E-state index contributed by atoms with van der Waals surface area (Å²) < 4.78 is 0. The van der Waals surface area contributed by atoms with Crippen molar-refractivity contribution in [3.63, 3.8) is 0 Å². The molecule has 118 valence electrons. The molecule has 1 unspecified atom stereocenters. The van der Waals surface area contributed by atoms with Crippen LogP contribution in [0.5, 0.6) is 0 Å². The van der Waals surface area contributed by atoms with Gasteiger partial charge < -0.3 is 10.2 Å². The maximum Gasteiger partial charge on any atom is 0.271 e. The Morgan fingerprint density at radius 2 is 2.09 bits per heavy atom. The van der Waals surface area contributed by atoms with Gasteiger partial charge in [-0.05, 0) is 31.2 Å². The fourth-order valence-electron chi connectivity index (χ4n) is 2.53. The molecule has 0 bridgehead atoms. The first-order chi connectivity index (χ1) is 10.1. The average Bonchev–Trinajstić information content (AvgIpc) is 3.18. The van der Waals surface area contributed by atoms with Crippen molar-refractivity contribution in [3.8, 4) is 11.3 Å². The van der Waals surface area contributed by atoms with Crippen molar-refractivity contribution in [1.82, 2.24) is 20.4 Å². The molecule has 1 saturated heterocycles. The molecule has 1 atom stereocenters. The number of carbonyl (C=O) groups is 1. The van der Waals surface area contributed by atoms with Gasteiger partial charge in [0.05, 0.1) is 5.69 Å². The second-order valence-electron chi connectivity index (χ2n) is 5.24. The Bertz CT molecular complexity index is 635. The molecule has 7 heteroatoms. The number of benzene rings is 1. The molecule has 0 aliphatic carbocycles. The van der Waals surface area contributed by atoms with Gasteiger partial charge in [0.2, 0.25) is 0 Å². The van der Waals surface area contributed by atoms with E-state index in [2.05, 4.69) is 15.5 Å². The zero-order valence-corrected chi connectivity index (χ0v) is 13.7. The molecule has 2 aromatic rings. The van der Waals surface area contributed by atoms with E-state index < -0.39 is 0 Å². The number of nitrogens with one attached hydrogen (secondary N) is 2. The van der Waals surface area contributed by atoms with Crippen LogP contribution in [0.2, 0.25) is 5.02 Å². The molecule has 2 N–H and O–H groups in total. The zero-order valence-electron chi connectivity index (χ0n) is 12.2. The lowest BCUT2D eigenvalue weighted by atomic mass is 10.1. The van der Waals surface area contributed by atoms with E-state index in [1.165, 1.54) is 0 Å². The first-order valence-corrected chi connectivity index (χ1v) is 7.32. The maximum atomic E-state index is 12.4. The molecule has 0 radical (unpaired) electrons. The SMILES string of the molecule is CN(C(=O)c1cc(-c2ccc(Cl)cc2)n[nH]1)C1CCNC1.Cl. The molecular weight excluding hydrogens is 323 g/mol. The van der Waals surface area contributed by atoms with Gasteiger partial charge in [0.1, 0.15) is 5.69 Å². The lowest BCUT2D eigenvalue weighted by molar-refractivity contribution is 0.0738. The topological polar surface area (TPSA) is 61.0 Å². The van der Waals surface area contributed by atoms with Crippen molar-refractivity contribution in [2.45, 2.75) is 12.5 Å². The first kappa shape index (κ1) is 16.8. The predicted molar refractivity (Wildman–Crippen MR) is 89.6 cm³/mol. The third kappa shape index (κ3) is 3.43. The average molecular weight is 341 g/mol. The highest BCUT2D eigenvalue weighted by Gasteiger charge is 2.25. The Balaban J connectivity index is 0.00000176. The van der Waals surface area contributed by atoms with Gasteiger partial charge in [-0.25, -0.2) is 0 Å². The third-order valence-corrected chi connectivity index (χ3v) is 4.10. The molecule has 5 nitrogen and oxygen atoms in total. The summed E-state index contributed by atoms with van der Waals surface area (Å²) in [5.74, 6) is -0.0311. The Morgan fingerprint density at radius 1 is 1.36 bits per heavy atom. The lowest BCUT2D eigenvalue weighted by Gasteiger charge is -2.22. The van der Waals surface area contributed by atoms with Gasteiger partial charge in [-0.2, -0.15) is 5.10 Å². The number of aromatic amines is 1. The van der Waals surface area contributed by atoms with Crippen molar-refractivity contribution < 1.29 is 4.79 Å². The Morgan fingerprint density at radius 3 is 2.73 bits per heavy atom. The third-order valence-electron chi connectivity index (χ3n) is 3.85. The summed E-state index contributed by atoms with van der Waals surface area (Å²) in [6.45, 7) is 1.81. The summed E-state index contributed by atoms with van der Waals surface area (Å²) in [6.07, 6.45) is 0.987. The molecule has 1 amide bonds. The van der Waals surface area contributed by atoms with Gasteiger partial charge >= 0.3 is 0 Å². The smallest absolute Gasteiger partial charge is 0.271 e. The number of hydrogen-bond donors (Lipinski definition) is 2. The number of nitrogens with zero attached hydrogens (tertiary/aromatic N) is 2. The van der Waals surface area contributed by atoms with Gasteiger partial charge in [0, 0.05) is 30.2 Å². The second-order valence-corrected chi connectivity index (χ2v) is 5.67. The number of amides is 1. The number of rotatable bonds is 3. The molecule has 1 fully saturated rings. The van der Waals surface area contributed by atoms with Crippen LogP contribution in [0.25, 0.3) is 11.3 Å². The quantitative estimate of drug-likeness (QED) is 0.902. The number of H-pyrrole nitrogens is 1. The summed E-state index contributed by atoms with van der Waals surface area (Å²) in [7, 11) is 1.84. The van der Waals surface area contributed by atoms with E-state index in [1.807, 2.05) is 31.3 Å². The molecule has 1 aromatic carbocycles. The minimum absolute atomic E-state index is 0. The minimum atomic E-state index is -0.0311. The standard InChI is InChI=1S/C15H17ClN4O.ClH/c1-20(12-6-7-17-9-12)15(21)14-8-13(18-19-14)10-2-4-11(16)5-3-10;/h2-5,8,12,17H,6-7,9H2,1H3,(H,18,19);1H. The van der Waals surface area contributed by atoms with E-state index in [0.717, 1.165) is 30.8 Å². The summed E-state index contributed by atoms with van der Waals surface area (Å²) in [5.41, 5.74) is 2.18. The molecular formula is C15H18Cl2N4O. The van der Waals surface area contributed by atoms with Crippen LogP contribution in [-0.4, -0.2) is 47.2 Å². The molecule has 0 spiro atoms. The number of aromatic nitrogens is 2. The Labute approximate surface area is 140 Å². The number of likely N-dealkylation sites (N-methyl/N-ethyl adjacent to an activating group) is 1. The molecule has 22 heavy (non-hydrogen) atoms. The summed E-state index contributed by atoms with van der Waals surface area (Å²) in [4.78, 5) is 14.2. The monoisotopic (exact) mass is 340 g/mol. The maximum absolute atomic E-state index is 12.4. The number of hydrogen-bond acceptors (Lipinski definition) is 3. The van der Waals surface area contributed by atoms with Crippen molar-refractivity contribution in [1.29, 1.82) is 0 Å². The van der Waals surface area contributed by atoms with Gasteiger partial charge in [0.25, 0.3) is 5.91 Å². The van der Waals surface area contributed by atoms with Crippen molar-refractivity contribution in [2.24, 2.45) is 0 Å². The van der Waals surface area contributed by atoms with E-state index in [9.17, 15) is 4.79 Å². The molecule has 3 rings (SSSR count). The van der Waals surface area contributed by atoms with Crippen molar-refractivity contribution in [2.75, 3.05) is 20.1 Å². The second kappa shape index (κ2) is 7.13. The largest absolute Gasteiger partial charge is 0.336 e. The summed E-state index contributed by atoms with van der Waals surface area (Å²) in [6, 6.07) is 9.42. The van der Waals surface area contributed by atoms with E-state index in [4.69, 9.17) is 11.6 Å². The van der Waals surface area contributed by atoms with Gasteiger partial charge in [0.15, 0.2) is 0 Å². The number of halogens is 2. The van der Waals surface area contributed by atoms with Crippen LogP contribution in [0.15, 0.2) is 30.3 Å². The van der Waals surface area contributed by atoms with Crippen LogP contribution < -0.4 is 5.32 Å². The fraction of sp³-hybridized carbons (Fsp3) is 0.333. The highest BCUT2D eigenvalue weighted by Crippen LogP contribution is 2.21. The van der Waals surface area contributed by atoms with Crippen LogP contribution in [0.3, 0.4) is 0 Å². The van der Waals surface area contributed by atoms with Crippen LogP contribution in [-0.2, 0) is 0 Å².